The first-order valence-electron chi connectivity index (χ1n) is 45.7. The largest absolute Gasteiger partial charge is 0.248 e. The number of hydrogen-bond acceptors (Lipinski definition) is 9. The Balaban J connectivity index is 0.000000487. The van der Waals surface area contributed by atoms with Crippen molar-refractivity contribution < 1.29 is 0 Å². The van der Waals surface area contributed by atoms with E-state index >= 15 is 0 Å². The van der Waals surface area contributed by atoms with Crippen LogP contribution in [-0.2, 0) is 49.4 Å². The molecule has 6 aromatic carbocycles. The molecule has 128 heavy (non-hydrogen) atoms. The van der Waals surface area contributed by atoms with E-state index in [0.29, 0.717) is 0 Å². The maximum atomic E-state index is 5.90. The topological polar surface area (TPSA) is 51.6 Å². The van der Waals surface area contributed by atoms with E-state index in [1.807, 2.05) is 45.3 Å². The van der Waals surface area contributed by atoms with Gasteiger partial charge in [0, 0.05) is 50.1 Å². The zero-order valence-electron chi connectivity index (χ0n) is 75.8. The zero-order chi connectivity index (χ0) is 90.9. The van der Waals surface area contributed by atoms with Crippen molar-refractivity contribution in [2.75, 3.05) is 0 Å². The Morgan fingerprint density at radius 1 is 0.297 bits per heavy atom. The van der Waals surface area contributed by atoms with Crippen LogP contribution in [-0.4, -0.2) is 18.7 Å². The van der Waals surface area contributed by atoms with E-state index in [1.165, 1.54) is 276 Å². The molecule has 14 rings (SSSR count). The molecule has 0 bridgehead atoms. The molecule has 6 heterocycles. The van der Waals surface area contributed by atoms with Crippen LogP contribution in [0.4, 0.5) is 0 Å². The van der Waals surface area contributed by atoms with Gasteiger partial charge in [-0.2, -0.15) is 8.75 Å². The summed E-state index contributed by atoms with van der Waals surface area (Å²) in [7, 11) is 43.0. The number of aryl methyl sites for hydroxylation is 8. The lowest BCUT2D eigenvalue weighted by atomic mass is 9.65. The van der Waals surface area contributed by atoms with E-state index in [0.717, 1.165) is 98.2 Å². The van der Waals surface area contributed by atoms with Gasteiger partial charge in [-0.3, -0.25) is 0 Å². The second-order valence-electron chi connectivity index (χ2n) is 33.9. The number of nitrogens with zero attached hydrogens (tertiary/aromatic N) is 4. The minimum atomic E-state index is -0.617. The molecule has 0 spiro atoms. The summed E-state index contributed by atoms with van der Waals surface area (Å²) in [4.78, 5) is 22.1. The average molecular weight is 2260 g/mol. The van der Waals surface area contributed by atoms with Gasteiger partial charge in [-0.05, 0) is 294 Å². The first-order valence-corrected chi connectivity index (χ1v) is 94.6. The van der Waals surface area contributed by atoms with Crippen LogP contribution in [0.3, 0.4) is 0 Å². The predicted molar refractivity (Wildman–Crippen MR) is 660 cm³/mol. The van der Waals surface area contributed by atoms with Crippen LogP contribution in [0.25, 0.3) is 73.6 Å². The average Bonchev–Trinajstić information content (AvgIpc) is 1.50. The van der Waals surface area contributed by atoms with E-state index in [4.69, 9.17) is 18.7 Å². The van der Waals surface area contributed by atoms with E-state index in [9.17, 15) is 0 Å². The molecule has 0 N–H and O–H groups in total. The third-order valence-corrected chi connectivity index (χ3v) is 191. The Hall–Kier alpha value is 4.03. The molecule has 0 aliphatic heterocycles. The molecule has 2 aliphatic carbocycles. The lowest BCUT2D eigenvalue weighted by Gasteiger charge is -2.49. The summed E-state index contributed by atoms with van der Waals surface area (Å²) < 4.78 is 10.5. The maximum absolute atomic E-state index is 5.90. The van der Waals surface area contributed by atoms with Gasteiger partial charge in [0.15, 0.2) is 0 Å². The number of rotatable bonds is 48. The fourth-order valence-electron chi connectivity index (χ4n) is 18.5. The molecule has 686 valence electrons. The van der Waals surface area contributed by atoms with Crippen molar-refractivity contribution in [3.8, 4) is 51.5 Å². The van der Waals surface area contributed by atoms with Crippen molar-refractivity contribution in [1.29, 1.82) is 0 Å². The van der Waals surface area contributed by atoms with Crippen molar-refractivity contribution in [1.82, 2.24) is 18.7 Å². The summed E-state index contributed by atoms with van der Waals surface area (Å²) in [6, 6.07) is 60.1. The minimum Gasteiger partial charge on any atom is -0.248 e. The van der Waals surface area contributed by atoms with Crippen LogP contribution in [0.2, 0.25) is 0 Å². The first-order chi connectivity index (χ1) is 62.0. The summed E-state index contributed by atoms with van der Waals surface area (Å²) in [5.74, 6) is 0. The predicted octanol–water partition coefficient (Wildman–Crippen LogP) is 43.3. The second-order valence-corrected chi connectivity index (χ2v) is 137. The number of thiophene rings is 4. The van der Waals surface area contributed by atoms with Gasteiger partial charge in [0.05, 0.1) is 33.9 Å². The van der Waals surface area contributed by atoms with Crippen molar-refractivity contribution in [3.05, 3.63) is 233 Å². The molecular formula is C94H135N4P25S5. The Bertz CT molecular complexity index is 5400. The van der Waals surface area contributed by atoms with Crippen molar-refractivity contribution in [3.63, 3.8) is 0 Å². The molecule has 16 unspecified atom stereocenters. The van der Waals surface area contributed by atoms with Crippen LogP contribution >= 0.6 is 258 Å². The third-order valence-electron chi connectivity index (χ3n) is 24.8. The molecule has 34 heteroatoms. The molecule has 0 radical (unpaired) electrons. The molecule has 12 aromatic rings. The fourth-order valence-corrected chi connectivity index (χ4v) is 338. The van der Waals surface area contributed by atoms with Gasteiger partial charge in [-0.1, -0.05) is 262 Å². The molecule has 16 atom stereocenters. The molecule has 0 saturated heterocycles. The number of benzene rings is 6. The van der Waals surface area contributed by atoms with E-state index in [1.54, 1.807) is 0 Å². The zero-order valence-corrected chi connectivity index (χ0v) is 106. The monoisotopic (exact) mass is 2250 g/mol. The van der Waals surface area contributed by atoms with Gasteiger partial charge < -0.3 is 0 Å². The van der Waals surface area contributed by atoms with Gasteiger partial charge >= 0.3 is 0 Å². The highest BCUT2D eigenvalue weighted by atomic mass is 33.5. The van der Waals surface area contributed by atoms with Crippen LogP contribution < -0.4 is 0 Å². The Morgan fingerprint density at radius 3 is 0.969 bits per heavy atom. The van der Waals surface area contributed by atoms with Crippen molar-refractivity contribution in [2.45, 2.75) is 259 Å². The summed E-state index contributed by atoms with van der Waals surface area (Å²) in [6.07, 6.45) is 36.0. The molecule has 0 fully saturated rings. The van der Waals surface area contributed by atoms with Gasteiger partial charge in [-0.25, -0.2) is 9.97 Å². The molecule has 4 nitrogen and oxygen atoms in total. The van der Waals surface area contributed by atoms with Crippen molar-refractivity contribution in [2.24, 2.45) is 0 Å². The summed E-state index contributed by atoms with van der Waals surface area (Å²) in [6.45, 7) is 19.0. The van der Waals surface area contributed by atoms with Crippen molar-refractivity contribution >= 4 is 280 Å². The normalized spacial score (nSPS) is 14.0. The lowest BCUT2D eigenvalue weighted by molar-refractivity contribution is 0.639. The number of fused-ring (bicyclic) bond motifs is 8. The molecule has 2 aliphatic rings. The Labute approximate surface area is 833 Å². The van der Waals surface area contributed by atoms with E-state index in [-0.39, 0.29) is 76.9 Å². The maximum Gasteiger partial charge on any atom is 0.116 e. The molecule has 6 aromatic heterocycles. The summed E-state index contributed by atoms with van der Waals surface area (Å²) >= 11 is 9.05. The van der Waals surface area contributed by atoms with Crippen LogP contribution in [0.1, 0.15) is 284 Å². The second kappa shape index (κ2) is 53.7. The van der Waals surface area contributed by atoms with Gasteiger partial charge in [-0.15, -0.1) is 161 Å². The summed E-state index contributed by atoms with van der Waals surface area (Å²) in [5.41, 5.74) is 26.6. The highest BCUT2D eigenvalue weighted by Gasteiger charge is 2.54. The highest BCUT2D eigenvalue weighted by molar-refractivity contribution is 9.40. The summed E-state index contributed by atoms with van der Waals surface area (Å²) in [5, 5.41) is 0. The smallest absolute Gasteiger partial charge is 0.116 e. The number of unbranched alkanes of at least 4 members (excludes halogenated alkanes) is 18. The molecule has 0 saturated carbocycles. The SMILES string of the molecule is CCCCCCc1ccc(C2(c3ccc(CCCCCC)cc3)c3cc4c(cc3-c3sc(C)cc32)C(c2ccc(CCCCCC)cc2)(c2ccc(CCCCCC)cc2)c2cc(-c3ccc(-c5c6nsnc6c(-c6ccc(C)s6)c6nc(CCCCCC)c(CCCCCC)nc56)s3)sc2-4)cc1.PPP(P(P)P)P(P(P)P)P(P(P(P)P)P(P)P)P(P(P)P)P(P)P. The first kappa shape index (κ1) is 109. The fraction of sp³-hybridized carbons (Fsp3) is 0.426. The molecular weight excluding hydrogens is 2120 g/mol. The quantitative estimate of drug-likeness (QED) is 0.0282. The molecule has 0 amide bonds. The van der Waals surface area contributed by atoms with Gasteiger partial charge in [0.1, 0.15) is 22.1 Å². The lowest BCUT2D eigenvalue weighted by Crippen LogP contribution is -2.30. The van der Waals surface area contributed by atoms with Crippen LogP contribution in [0.5, 0.6) is 0 Å². The number of hydrogen-bond donors (Lipinski definition) is 0. The standard InChI is InChI=1S/C94H108N4S5.H27P25/c1-9-15-21-27-33-65-40-48-69(49-41-65)93(70-50-42-66(43-51-70)34-28-22-16-10-2)75-61-74-76(60-73(75)91-77(93)59-64(8)100-91)94(71-52-44-67(45-53-71)35-29-23-17-11-3,72-54-46-68(47-55-72)36-30-24-18-12-4)78-62-84(102-92(74)78)81-57-58-83(101-81)86-88-87(85(82-56-39-63(7)99-82)89-90(86)98-103-97-89)95-79(37-31-25-19-13-5)80(96-88)38-32-26-20-14-6;1-14-21(15(2)3)24(20(12)13)25(22(16(4)5)17(6)7)23(18(8)9)19(10)11/h39-62H,9-38H2,1-8H3;14H,1-13H2. The Kier molecular flexibility index (Phi) is 45.9. The highest BCUT2D eigenvalue weighted by Crippen LogP contribution is 3.34. The van der Waals surface area contributed by atoms with Crippen LogP contribution in [0.15, 0.2) is 146 Å². The third kappa shape index (κ3) is 25.7. The van der Waals surface area contributed by atoms with E-state index < -0.39 is 10.8 Å². The van der Waals surface area contributed by atoms with Gasteiger partial charge in [0.2, 0.25) is 0 Å². The Morgan fingerprint density at radius 2 is 0.633 bits per heavy atom. The minimum absolute atomic E-state index is 0.00618. The van der Waals surface area contributed by atoms with E-state index in [2.05, 4.69) is 317 Å². The van der Waals surface area contributed by atoms with Gasteiger partial charge in [0.25, 0.3) is 0 Å². The van der Waals surface area contributed by atoms with Crippen LogP contribution in [0, 0.1) is 13.8 Å². The number of aromatic nitrogens is 4.